The maximum Gasteiger partial charge on any atom is 0.352 e. The first-order valence-corrected chi connectivity index (χ1v) is 17.3. The van der Waals surface area contributed by atoms with Gasteiger partial charge in [0.15, 0.2) is 11.2 Å². The molecule has 11 heteroatoms. The molecule has 2 radical (unpaired) electrons. The lowest BCUT2D eigenvalue weighted by Crippen LogP contribution is -2.50. The molecule has 0 amide bonds. The topological polar surface area (TPSA) is 103 Å². The predicted molar refractivity (Wildman–Crippen MR) is 194 cm³/mol. The highest BCUT2D eigenvalue weighted by Crippen LogP contribution is 2.42. The molecule has 0 saturated carbocycles. The Morgan fingerprint density at radius 2 is 1.93 bits per heavy atom. The first kappa shape index (κ1) is 37.5. The standard InChI is InChI=1S/C32H40BN3O4S2.C3H8O/c1-20-27(39-16-15-37)29(30(38)40-31(2,3)4)42-28(20)24-11-8-12-25(26(24)33)35-23-13-14-36(32(5,6)18-23)41-19-21-9-7-10-22(34)17-21;1-3-4-2/h7-12,15,17,23,35H,13-14,16,18-19,34H2,1-6H3;3H2,1-2H3. The number of nitrogen functional groups attached to an aromatic ring is 1. The van der Waals surface area contributed by atoms with E-state index in [0.29, 0.717) is 22.4 Å². The number of piperidine rings is 1. The van der Waals surface area contributed by atoms with Crippen LogP contribution < -0.4 is 21.3 Å². The fourth-order valence-corrected chi connectivity index (χ4v) is 7.51. The van der Waals surface area contributed by atoms with Gasteiger partial charge in [-0.3, -0.25) is 4.79 Å². The Morgan fingerprint density at radius 3 is 2.54 bits per heavy atom. The Kier molecular flexibility index (Phi) is 13.6. The summed E-state index contributed by atoms with van der Waals surface area (Å²) in [5.41, 5.74) is 10.3. The number of carbonyl (C=O) groups excluding carboxylic acids is 2. The van der Waals surface area contributed by atoms with Crippen LogP contribution >= 0.6 is 23.3 Å². The van der Waals surface area contributed by atoms with E-state index >= 15 is 0 Å². The van der Waals surface area contributed by atoms with Gasteiger partial charge in [-0.15, -0.1) is 11.3 Å². The maximum absolute atomic E-state index is 13.1. The van der Waals surface area contributed by atoms with Crippen molar-refractivity contribution in [2.75, 3.05) is 37.9 Å². The van der Waals surface area contributed by atoms with Crippen LogP contribution in [-0.2, 0) is 20.0 Å². The Bertz CT molecular complexity index is 1470. The van der Waals surface area contributed by atoms with Crippen molar-refractivity contribution in [3.8, 4) is 16.2 Å². The number of anilines is 2. The number of nitrogens with one attached hydrogen (secondary N) is 1. The third-order valence-corrected chi connectivity index (χ3v) is 10.1. The van der Waals surface area contributed by atoms with E-state index in [0.717, 1.165) is 59.1 Å². The smallest absolute Gasteiger partial charge is 0.352 e. The van der Waals surface area contributed by atoms with Crippen molar-refractivity contribution < 1.29 is 23.8 Å². The molecular weight excluding hydrogens is 617 g/mol. The van der Waals surface area contributed by atoms with Crippen molar-refractivity contribution in [3.05, 3.63) is 58.5 Å². The number of hydrogen-bond donors (Lipinski definition) is 2. The van der Waals surface area contributed by atoms with Crippen LogP contribution in [0.3, 0.4) is 0 Å². The Labute approximate surface area is 284 Å². The molecule has 46 heavy (non-hydrogen) atoms. The minimum absolute atomic E-state index is 0.0231. The minimum atomic E-state index is -0.669. The summed E-state index contributed by atoms with van der Waals surface area (Å²) in [6.07, 6.45) is 2.59. The van der Waals surface area contributed by atoms with Crippen LogP contribution in [0.4, 0.5) is 11.4 Å². The van der Waals surface area contributed by atoms with Crippen LogP contribution in [0.1, 0.15) is 75.2 Å². The second-order valence-electron chi connectivity index (χ2n) is 12.8. The van der Waals surface area contributed by atoms with Crippen LogP contribution in [0, 0.1) is 6.92 Å². The second kappa shape index (κ2) is 16.7. The zero-order valence-corrected chi connectivity index (χ0v) is 30.0. The molecular formula is C35H48BN3O5S2. The van der Waals surface area contributed by atoms with Crippen molar-refractivity contribution in [1.82, 2.24) is 4.31 Å². The lowest BCUT2D eigenvalue weighted by Gasteiger charge is -2.45. The van der Waals surface area contributed by atoms with E-state index in [4.69, 9.17) is 23.1 Å². The Morgan fingerprint density at radius 1 is 1.24 bits per heavy atom. The van der Waals surface area contributed by atoms with Crippen LogP contribution in [0.2, 0.25) is 0 Å². The van der Waals surface area contributed by atoms with Crippen molar-refractivity contribution in [2.45, 2.75) is 84.2 Å². The van der Waals surface area contributed by atoms with Gasteiger partial charge in [-0.25, -0.2) is 9.10 Å². The fraction of sp³-hybridized carbons (Fsp3) is 0.486. The molecule has 8 nitrogen and oxygen atoms in total. The number of carbonyl (C=O) groups is 2. The molecule has 1 aliphatic rings. The van der Waals surface area contributed by atoms with Gasteiger partial charge in [0.1, 0.15) is 25.8 Å². The number of esters is 1. The van der Waals surface area contributed by atoms with Gasteiger partial charge in [-0.2, -0.15) is 0 Å². The predicted octanol–water partition coefficient (Wildman–Crippen LogP) is 6.79. The number of nitrogens with zero attached hydrogens (tertiary/aromatic N) is 1. The first-order valence-electron chi connectivity index (χ1n) is 15.5. The van der Waals surface area contributed by atoms with Crippen molar-refractivity contribution >= 4 is 60.2 Å². The number of benzene rings is 2. The van der Waals surface area contributed by atoms with Gasteiger partial charge < -0.3 is 25.3 Å². The van der Waals surface area contributed by atoms with Crippen molar-refractivity contribution in [3.63, 3.8) is 0 Å². The number of methoxy groups -OCH3 is 1. The molecule has 1 unspecified atom stereocenters. The SMILES string of the molecule is CCOC.[B]c1c(NC2CCN(SCc3cccc(N)c3)C(C)(C)C2)cccc1-c1sc(C(=O)OC(C)(C)C)c(OCC=O)c1C. The van der Waals surface area contributed by atoms with Crippen LogP contribution in [0.15, 0.2) is 42.5 Å². The summed E-state index contributed by atoms with van der Waals surface area (Å²) in [5, 5.41) is 3.70. The molecule has 2 aromatic carbocycles. The molecule has 0 aliphatic carbocycles. The van der Waals surface area contributed by atoms with E-state index in [1.165, 1.54) is 16.9 Å². The molecule has 1 saturated heterocycles. The summed E-state index contributed by atoms with van der Waals surface area (Å²) in [6.45, 7) is 15.4. The summed E-state index contributed by atoms with van der Waals surface area (Å²) in [6, 6.07) is 14.2. The summed E-state index contributed by atoms with van der Waals surface area (Å²) in [7, 11) is 8.44. The summed E-state index contributed by atoms with van der Waals surface area (Å²) in [5.74, 6) is 0.753. The van der Waals surface area contributed by atoms with Crippen LogP contribution in [-0.4, -0.2) is 68.5 Å². The Balaban J connectivity index is 0.00000136. The molecule has 3 N–H and O–H groups in total. The molecule has 0 bridgehead atoms. The van der Waals surface area contributed by atoms with Gasteiger partial charge in [0, 0.05) is 59.4 Å². The average molecular weight is 666 g/mol. The number of ether oxygens (including phenoxy) is 3. The van der Waals surface area contributed by atoms with Crippen LogP contribution in [0.5, 0.6) is 5.75 Å². The largest absolute Gasteiger partial charge is 0.484 e. The van der Waals surface area contributed by atoms with Gasteiger partial charge in [-0.05, 0) is 90.6 Å². The Hall–Kier alpha value is -2.99. The number of nitrogens with two attached hydrogens (primary N) is 1. The highest BCUT2D eigenvalue weighted by atomic mass is 32.2. The minimum Gasteiger partial charge on any atom is -0.484 e. The van der Waals surface area contributed by atoms with E-state index in [1.807, 2.05) is 83.0 Å². The van der Waals surface area contributed by atoms with E-state index in [2.05, 4.69) is 34.3 Å². The van der Waals surface area contributed by atoms with Crippen LogP contribution in [0.25, 0.3) is 10.4 Å². The monoisotopic (exact) mass is 665 g/mol. The molecule has 1 fully saturated rings. The molecule has 4 rings (SSSR count). The van der Waals surface area contributed by atoms with Gasteiger partial charge in [0.2, 0.25) is 0 Å². The molecule has 1 atom stereocenters. The highest BCUT2D eigenvalue weighted by molar-refractivity contribution is 7.96. The van der Waals surface area contributed by atoms with Gasteiger partial charge >= 0.3 is 5.97 Å². The van der Waals surface area contributed by atoms with E-state index in [1.54, 1.807) is 7.11 Å². The lowest BCUT2D eigenvalue weighted by atomic mass is 9.85. The number of thiophene rings is 1. The normalized spacial score (nSPS) is 16.2. The fourth-order valence-electron chi connectivity index (χ4n) is 5.19. The second-order valence-corrected chi connectivity index (χ2v) is 14.8. The first-order chi connectivity index (χ1) is 21.7. The quantitative estimate of drug-likeness (QED) is 0.0754. The van der Waals surface area contributed by atoms with Gasteiger partial charge in [0.05, 0.1) is 0 Å². The zero-order chi connectivity index (χ0) is 34.1. The molecule has 2 heterocycles. The third kappa shape index (κ3) is 10.3. The molecule has 248 valence electrons. The van der Waals surface area contributed by atoms with Gasteiger partial charge in [-0.1, -0.05) is 41.7 Å². The number of aldehydes is 1. The molecule has 3 aromatic rings. The van der Waals surface area contributed by atoms with Crippen molar-refractivity contribution in [1.29, 1.82) is 0 Å². The van der Waals surface area contributed by atoms with E-state index in [-0.39, 0.29) is 18.2 Å². The van der Waals surface area contributed by atoms with Gasteiger partial charge in [0.25, 0.3) is 0 Å². The summed E-state index contributed by atoms with van der Waals surface area (Å²) >= 11 is 3.12. The molecule has 0 spiro atoms. The number of rotatable bonds is 11. The highest BCUT2D eigenvalue weighted by Gasteiger charge is 2.35. The molecule has 1 aliphatic heterocycles. The van der Waals surface area contributed by atoms with E-state index in [9.17, 15) is 9.59 Å². The number of hydrogen-bond acceptors (Lipinski definition) is 10. The average Bonchev–Trinajstić information content (AvgIpc) is 3.31. The summed E-state index contributed by atoms with van der Waals surface area (Å²) < 4.78 is 18.3. The lowest BCUT2D eigenvalue weighted by molar-refractivity contribution is -0.109. The molecule has 1 aromatic heterocycles. The zero-order valence-electron chi connectivity index (χ0n) is 28.4. The summed E-state index contributed by atoms with van der Waals surface area (Å²) in [4.78, 5) is 25.3. The third-order valence-electron chi connectivity index (χ3n) is 7.41. The van der Waals surface area contributed by atoms with Crippen molar-refractivity contribution in [2.24, 2.45) is 0 Å². The van der Waals surface area contributed by atoms with E-state index < -0.39 is 11.6 Å². The maximum atomic E-state index is 13.1.